The van der Waals surface area contributed by atoms with Crippen LogP contribution in [0.25, 0.3) is 0 Å². The lowest BCUT2D eigenvalue weighted by molar-refractivity contribution is -0.207. The fourth-order valence-corrected chi connectivity index (χ4v) is 9.77. The minimum Gasteiger partial charge on any atom is -0.480 e. The topological polar surface area (TPSA) is 156 Å². The number of hydrogen-bond acceptors (Lipinski definition) is 6. The molecule has 0 unspecified atom stereocenters. The predicted molar refractivity (Wildman–Crippen MR) is 144 cm³/mol. The highest BCUT2D eigenvalue weighted by Gasteiger charge is 2.65. The fraction of sp³-hybridized carbons (Fsp3) is 0.833. The normalized spacial score (nSPS) is 43.0. The molecule has 0 saturated heterocycles. The number of carbonyl (C=O) groups excluding carboxylic acids is 1. The first-order valence-electron chi connectivity index (χ1n) is 15.0. The Kier molecular flexibility index (Phi) is 7.90. The molecule has 4 aliphatic carbocycles. The minimum absolute atomic E-state index is 0.0457. The Labute approximate surface area is 231 Å². The Hall–Kier alpha value is -1.97. The molecule has 9 heteroatoms. The Morgan fingerprint density at radius 3 is 2.59 bits per heavy atom. The third-order valence-corrected chi connectivity index (χ3v) is 12.0. The average molecular weight is 546 g/mol. The van der Waals surface area contributed by atoms with Crippen molar-refractivity contribution in [1.82, 2.24) is 15.3 Å². The third kappa shape index (κ3) is 5.04. The number of imidazole rings is 1. The van der Waals surface area contributed by atoms with Crippen LogP contribution in [-0.4, -0.2) is 66.6 Å². The van der Waals surface area contributed by atoms with Crippen molar-refractivity contribution in [2.75, 3.05) is 0 Å². The smallest absolute Gasteiger partial charge is 0.326 e. The van der Waals surface area contributed by atoms with Gasteiger partial charge in [0.2, 0.25) is 5.91 Å². The molecule has 1 amide bonds. The highest BCUT2D eigenvalue weighted by Crippen LogP contribution is 2.68. The van der Waals surface area contributed by atoms with Gasteiger partial charge in [0.25, 0.3) is 0 Å². The summed E-state index contributed by atoms with van der Waals surface area (Å²) in [6.45, 7) is 6.71. The van der Waals surface area contributed by atoms with Crippen molar-refractivity contribution in [2.24, 2.45) is 46.3 Å². The molecule has 1 aromatic rings. The van der Waals surface area contributed by atoms with Gasteiger partial charge in [0, 0.05) is 24.7 Å². The zero-order chi connectivity index (χ0) is 28.1. The maximum atomic E-state index is 12.8. The SMILES string of the molecule is C[C@H](CCC(=O)N[C@@H](Cc1cnc[nH]1)C(=O)O)[C@H]1CC[C@H]2[C@@H]3[C@H](O)C[C@@H]4C[C@H](O)CC[C@]4(C)[C@H]3C[C@H](O)[C@]12C. The molecule has 0 aromatic carbocycles. The molecular formula is C30H47N3O6. The Morgan fingerprint density at radius 1 is 1.13 bits per heavy atom. The van der Waals surface area contributed by atoms with Gasteiger partial charge >= 0.3 is 5.97 Å². The number of amides is 1. The zero-order valence-electron chi connectivity index (χ0n) is 23.6. The number of carboxylic acids is 1. The molecular weight excluding hydrogens is 498 g/mol. The molecule has 9 nitrogen and oxygen atoms in total. The van der Waals surface area contributed by atoms with Crippen LogP contribution in [0.5, 0.6) is 0 Å². The summed E-state index contributed by atoms with van der Waals surface area (Å²) in [5.74, 6) is 0.0118. The van der Waals surface area contributed by atoms with Gasteiger partial charge in [-0.1, -0.05) is 20.8 Å². The van der Waals surface area contributed by atoms with E-state index in [1.54, 1.807) is 6.20 Å². The maximum Gasteiger partial charge on any atom is 0.326 e. The van der Waals surface area contributed by atoms with E-state index in [9.17, 15) is 30.0 Å². The number of H-pyrrole nitrogens is 1. The summed E-state index contributed by atoms with van der Waals surface area (Å²) in [5.41, 5.74) is 0.379. The number of hydrogen-bond donors (Lipinski definition) is 6. The largest absolute Gasteiger partial charge is 0.480 e. The number of nitrogens with one attached hydrogen (secondary N) is 2. The summed E-state index contributed by atoms with van der Waals surface area (Å²) < 4.78 is 0. The van der Waals surface area contributed by atoms with Gasteiger partial charge in [0.05, 0.1) is 24.6 Å². The number of aromatic amines is 1. The molecule has 5 rings (SSSR count). The second-order valence-electron chi connectivity index (χ2n) is 13.8. The number of aliphatic hydroxyl groups is 3. The van der Waals surface area contributed by atoms with Crippen LogP contribution in [-0.2, 0) is 16.0 Å². The van der Waals surface area contributed by atoms with Crippen molar-refractivity contribution in [3.05, 3.63) is 18.2 Å². The number of carbonyl (C=O) groups is 2. The molecule has 218 valence electrons. The minimum atomic E-state index is -1.08. The van der Waals surface area contributed by atoms with Gasteiger partial charge in [-0.25, -0.2) is 9.78 Å². The number of aromatic nitrogens is 2. The molecule has 0 spiro atoms. The molecule has 4 aliphatic rings. The number of fused-ring (bicyclic) bond motifs is 5. The van der Waals surface area contributed by atoms with Crippen LogP contribution in [0.2, 0.25) is 0 Å². The van der Waals surface area contributed by atoms with E-state index in [-0.39, 0.29) is 65.3 Å². The molecule has 39 heavy (non-hydrogen) atoms. The lowest BCUT2D eigenvalue weighted by Gasteiger charge is -2.63. The summed E-state index contributed by atoms with van der Waals surface area (Å²) in [7, 11) is 0. The number of carboxylic acid groups (broad SMARTS) is 1. The summed E-state index contributed by atoms with van der Waals surface area (Å²) in [6.07, 6.45) is 8.77. The van der Waals surface area contributed by atoms with Crippen LogP contribution >= 0.6 is 0 Å². The molecule has 0 radical (unpaired) electrons. The standard InChI is InChI=1S/C30H47N3O6/c1-16(4-7-26(37)33-23(28(38)39)12-18-14-31-15-32-18)20-5-6-21-27-22(13-25(36)30(20,21)3)29(2)9-8-19(34)10-17(29)11-24(27)35/h14-17,19-25,27,34-36H,4-13H2,1-3H3,(H,31,32)(H,33,37)(H,38,39)/t16-,17+,19-,20-,21+,22+,23+,24-,25+,27+,29+,30-/m1/s1. The first-order chi connectivity index (χ1) is 18.4. The second kappa shape index (κ2) is 10.8. The van der Waals surface area contributed by atoms with E-state index in [0.717, 1.165) is 38.5 Å². The average Bonchev–Trinajstić information content (AvgIpc) is 3.52. The van der Waals surface area contributed by atoms with Gasteiger partial charge in [0.15, 0.2) is 0 Å². The predicted octanol–water partition coefficient (Wildman–Crippen LogP) is 2.90. The highest BCUT2D eigenvalue weighted by molar-refractivity contribution is 5.83. The van der Waals surface area contributed by atoms with Crippen LogP contribution in [0, 0.1) is 46.3 Å². The van der Waals surface area contributed by atoms with Crippen molar-refractivity contribution in [3.8, 4) is 0 Å². The number of rotatable bonds is 8. The number of aliphatic carboxylic acids is 1. The summed E-state index contributed by atoms with van der Waals surface area (Å²) in [4.78, 5) is 31.3. The monoisotopic (exact) mass is 545 g/mol. The van der Waals surface area contributed by atoms with Crippen molar-refractivity contribution in [3.63, 3.8) is 0 Å². The summed E-state index contributed by atoms with van der Waals surface area (Å²) in [5, 5.41) is 45.7. The van der Waals surface area contributed by atoms with Crippen molar-refractivity contribution >= 4 is 11.9 Å². The number of aliphatic hydroxyl groups excluding tert-OH is 3. The van der Waals surface area contributed by atoms with Gasteiger partial charge in [-0.15, -0.1) is 0 Å². The van der Waals surface area contributed by atoms with Crippen molar-refractivity contribution in [2.45, 2.75) is 109 Å². The maximum absolute atomic E-state index is 12.8. The van der Waals surface area contributed by atoms with E-state index < -0.39 is 24.2 Å². The van der Waals surface area contributed by atoms with E-state index in [2.05, 4.69) is 36.1 Å². The summed E-state index contributed by atoms with van der Waals surface area (Å²) in [6, 6.07) is -1.02. The van der Waals surface area contributed by atoms with Crippen LogP contribution in [0.15, 0.2) is 12.5 Å². The lowest BCUT2D eigenvalue weighted by atomic mass is 9.43. The first kappa shape index (κ1) is 28.6. The van der Waals surface area contributed by atoms with Crippen LogP contribution in [0.3, 0.4) is 0 Å². The van der Waals surface area contributed by atoms with E-state index in [4.69, 9.17) is 0 Å². The quantitative estimate of drug-likeness (QED) is 0.293. The lowest BCUT2D eigenvalue weighted by Crippen LogP contribution is -2.62. The molecule has 1 heterocycles. The molecule has 4 fully saturated rings. The van der Waals surface area contributed by atoms with Gasteiger partial charge in [-0.05, 0) is 97.7 Å². The van der Waals surface area contributed by atoms with E-state index in [1.165, 1.54) is 6.33 Å². The van der Waals surface area contributed by atoms with Gasteiger partial charge in [0.1, 0.15) is 6.04 Å². The van der Waals surface area contributed by atoms with Crippen LogP contribution in [0.4, 0.5) is 0 Å². The van der Waals surface area contributed by atoms with E-state index >= 15 is 0 Å². The fourth-order valence-electron chi connectivity index (χ4n) is 9.77. The molecule has 0 aliphatic heterocycles. The zero-order valence-corrected chi connectivity index (χ0v) is 23.6. The van der Waals surface area contributed by atoms with Gasteiger partial charge in [-0.2, -0.15) is 0 Å². The molecule has 1 aromatic heterocycles. The molecule has 6 N–H and O–H groups in total. The van der Waals surface area contributed by atoms with Crippen LogP contribution in [0.1, 0.15) is 84.3 Å². The summed E-state index contributed by atoms with van der Waals surface area (Å²) >= 11 is 0. The second-order valence-corrected chi connectivity index (χ2v) is 13.8. The van der Waals surface area contributed by atoms with E-state index in [0.29, 0.717) is 24.5 Å². The van der Waals surface area contributed by atoms with E-state index in [1.807, 2.05) is 0 Å². The van der Waals surface area contributed by atoms with Crippen molar-refractivity contribution in [1.29, 1.82) is 0 Å². The first-order valence-corrected chi connectivity index (χ1v) is 15.0. The van der Waals surface area contributed by atoms with Crippen molar-refractivity contribution < 1.29 is 30.0 Å². The Balaban J connectivity index is 1.24. The van der Waals surface area contributed by atoms with Crippen LogP contribution < -0.4 is 5.32 Å². The highest BCUT2D eigenvalue weighted by atomic mass is 16.4. The van der Waals surface area contributed by atoms with Gasteiger partial charge in [-0.3, -0.25) is 4.79 Å². The third-order valence-electron chi connectivity index (χ3n) is 12.0. The molecule has 0 bridgehead atoms. The Morgan fingerprint density at radius 2 is 1.90 bits per heavy atom. The van der Waals surface area contributed by atoms with Gasteiger partial charge < -0.3 is 30.7 Å². The number of nitrogens with zero attached hydrogens (tertiary/aromatic N) is 1. The molecule has 4 saturated carbocycles. The molecule has 12 atom stereocenters. The Bertz CT molecular complexity index is 1030.